The Labute approximate surface area is 220 Å². The molecule has 3 aliphatic carbocycles. The Morgan fingerprint density at radius 3 is 2.13 bits per heavy atom. The Morgan fingerprint density at radius 2 is 1.63 bits per heavy atom. The summed E-state index contributed by atoms with van der Waals surface area (Å²) in [6, 6.07) is 2.82. The Bertz CT molecular complexity index is 1380. The largest absolute Gasteiger partial charge is 0.508 e. The molecule has 6 atom stereocenters. The molecule has 3 aliphatic rings. The molecule has 0 bridgehead atoms. The molecular weight excluding hydrogens is 492 g/mol. The molecule has 1 fully saturated rings. The van der Waals surface area contributed by atoms with Gasteiger partial charge in [0.05, 0.1) is 17.2 Å². The van der Waals surface area contributed by atoms with Crippen molar-refractivity contribution in [2.24, 2.45) is 22.7 Å². The predicted octanol–water partition coefficient (Wildman–Crippen LogP) is 2.85. The molecule has 38 heavy (non-hydrogen) atoms. The Morgan fingerprint density at radius 1 is 1.05 bits per heavy atom. The zero-order chi connectivity index (χ0) is 28.9. The van der Waals surface area contributed by atoms with Crippen molar-refractivity contribution < 1.29 is 44.7 Å². The van der Waals surface area contributed by atoms with Crippen LogP contribution < -0.4 is 0 Å². The van der Waals surface area contributed by atoms with E-state index in [0.717, 1.165) is 6.92 Å². The number of carbonyl (C=O) groups excluding carboxylic acids is 4. The monoisotopic (exact) mass is 526 g/mol. The van der Waals surface area contributed by atoms with Crippen LogP contribution in [0.1, 0.15) is 71.1 Å². The highest BCUT2D eigenvalue weighted by molar-refractivity contribution is 6.24. The van der Waals surface area contributed by atoms with E-state index in [0.29, 0.717) is 11.1 Å². The van der Waals surface area contributed by atoms with Gasteiger partial charge in [0.25, 0.3) is 0 Å². The molecule has 0 aromatic heterocycles. The summed E-state index contributed by atoms with van der Waals surface area (Å²) in [4.78, 5) is 52.4. The third-order valence-corrected chi connectivity index (χ3v) is 9.34. The van der Waals surface area contributed by atoms with E-state index in [4.69, 9.17) is 0 Å². The summed E-state index contributed by atoms with van der Waals surface area (Å²) < 4.78 is 0. The van der Waals surface area contributed by atoms with Crippen molar-refractivity contribution in [3.05, 3.63) is 45.7 Å². The van der Waals surface area contributed by atoms with Crippen molar-refractivity contribution in [3.8, 4) is 5.75 Å². The number of carbonyl (C=O) groups is 4. The van der Waals surface area contributed by atoms with E-state index in [1.165, 1.54) is 32.9 Å². The van der Waals surface area contributed by atoms with E-state index < -0.39 is 80.3 Å². The lowest BCUT2D eigenvalue weighted by Gasteiger charge is -2.63. The maximum Gasteiger partial charge on any atom is 0.203 e. The quantitative estimate of drug-likeness (QED) is 0.370. The van der Waals surface area contributed by atoms with Gasteiger partial charge in [-0.05, 0) is 42.9 Å². The van der Waals surface area contributed by atoms with Gasteiger partial charge in [-0.3, -0.25) is 19.2 Å². The van der Waals surface area contributed by atoms with Gasteiger partial charge in [-0.15, -0.1) is 0 Å². The second kappa shape index (κ2) is 8.35. The van der Waals surface area contributed by atoms with Crippen LogP contribution in [-0.2, 0) is 25.6 Å². The van der Waals surface area contributed by atoms with E-state index in [-0.39, 0.29) is 23.5 Å². The first kappa shape index (κ1) is 27.7. The fourth-order valence-corrected chi connectivity index (χ4v) is 7.50. The Hall–Kier alpha value is -3.30. The van der Waals surface area contributed by atoms with Crippen LogP contribution in [0.25, 0.3) is 5.76 Å². The number of aliphatic hydroxyl groups excluding tert-OH is 3. The topological polar surface area (TPSA) is 169 Å². The van der Waals surface area contributed by atoms with Crippen LogP contribution in [-0.4, -0.2) is 60.4 Å². The van der Waals surface area contributed by atoms with E-state index >= 15 is 0 Å². The fourth-order valence-electron chi connectivity index (χ4n) is 7.50. The first-order chi connectivity index (χ1) is 17.4. The number of rotatable bonds is 4. The highest BCUT2D eigenvalue weighted by Crippen LogP contribution is 2.67. The van der Waals surface area contributed by atoms with Gasteiger partial charge in [0.2, 0.25) is 5.78 Å². The molecule has 5 N–H and O–H groups in total. The zero-order valence-electron chi connectivity index (χ0n) is 22.5. The van der Waals surface area contributed by atoms with Gasteiger partial charge >= 0.3 is 0 Å². The number of aliphatic hydroxyl groups is 4. The molecule has 0 heterocycles. The second-order valence-corrected chi connectivity index (χ2v) is 11.7. The molecule has 1 aromatic carbocycles. The summed E-state index contributed by atoms with van der Waals surface area (Å²) in [5.41, 5.74) is -7.00. The van der Waals surface area contributed by atoms with Crippen molar-refractivity contribution in [2.75, 3.05) is 0 Å². The molecule has 9 heteroatoms. The Balaban J connectivity index is 2.18. The summed E-state index contributed by atoms with van der Waals surface area (Å²) in [7, 11) is 0. The summed E-state index contributed by atoms with van der Waals surface area (Å²) >= 11 is 0. The molecule has 204 valence electrons. The molecule has 1 aromatic rings. The second-order valence-electron chi connectivity index (χ2n) is 11.7. The molecule has 0 amide bonds. The lowest BCUT2D eigenvalue weighted by atomic mass is 9.40. The van der Waals surface area contributed by atoms with Gasteiger partial charge in [-0.2, -0.15) is 0 Å². The third kappa shape index (κ3) is 3.00. The van der Waals surface area contributed by atoms with Gasteiger partial charge in [-0.25, -0.2) is 0 Å². The summed E-state index contributed by atoms with van der Waals surface area (Å²) in [5, 5.41) is 57.7. The van der Waals surface area contributed by atoms with Gasteiger partial charge < -0.3 is 25.5 Å². The molecule has 1 saturated carbocycles. The number of hydrogen-bond acceptors (Lipinski definition) is 9. The van der Waals surface area contributed by atoms with Crippen LogP contribution in [0, 0.1) is 22.7 Å². The normalized spacial score (nSPS) is 34.7. The molecule has 1 unspecified atom stereocenters. The maximum absolute atomic E-state index is 14.3. The smallest absolute Gasteiger partial charge is 0.203 e. The number of phenols is 1. The van der Waals surface area contributed by atoms with Crippen molar-refractivity contribution in [3.63, 3.8) is 0 Å². The first-order valence-corrected chi connectivity index (χ1v) is 12.6. The minimum Gasteiger partial charge on any atom is -0.508 e. The standard InChI is InChI=1S/C29H34O9/c1-11(2)20-22(33)18(14(5)31)24(35)29(38)25(36)21-23(34)19-16(32)9-8-15(10-12(3)30)17(19)13(4)27(21,6)26(37)28(20,29)7/h8-9,11,13,20,26,32,34-35,37-38H,10H2,1-7H3/t13-,20?,26-,27+,28+,29+/m1/s1. The molecule has 0 spiro atoms. The number of benzene rings is 1. The fraction of sp³-hybridized carbons (Fsp3) is 0.517. The van der Waals surface area contributed by atoms with Crippen LogP contribution >= 0.6 is 0 Å². The van der Waals surface area contributed by atoms with Gasteiger partial charge in [0.1, 0.15) is 28.6 Å². The van der Waals surface area contributed by atoms with Gasteiger partial charge in [0, 0.05) is 23.2 Å². The minimum absolute atomic E-state index is 0.0322. The Kier molecular flexibility index (Phi) is 6.09. The van der Waals surface area contributed by atoms with E-state index in [9.17, 15) is 44.7 Å². The van der Waals surface area contributed by atoms with Crippen molar-refractivity contribution in [1.29, 1.82) is 0 Å². The third-order valence-electron chi connectivity index (χ3n) is 9.34. The molecule has 0 radical (unpaired) electrons. The lowest BCUT2D eigenvalue weighted by Crippen LogP contribution is -2.75. The van der Waals surface area contributed by atoms with Crippen LogP contribution in [0.3, 0.4) is 0 Å². The highest BCUT2D eigenvalue weighted by atomic mass is 16.4. The van der Waals surface area contributed by atoms with Crippen molar-refractivity contribution in [1.82, 2.24) is 0 Å². The number of phenolic OH excluding ortho intramolecular Hbond substituents is 1. The highest BCUT2D eigenvalue weighted by Gasteiger charge is 2.77. The van der Waals surface area contributed by atoms with E-state index in [2.05, 4.69) is 0 Å². The molecule has 0 aliphatic heterocycles. The number of aromatic hydroxyl groups is 1. The lowest BCUT2D eigenvalue weighted by molar-refractivity contribution is -0.215. The summed E-state index contributed by atoms with van der Waals surface area (Å²) in [6.45, 7) is 10.3. The number of hydrogen-bond donors (Lipinski definition) is 5. The molecule has 4 rings (SSSR count). The number of allylic oxidation sites excluding steroid dienone is 1. The van der Waals surface area contributed by atoms with Crippen LogP contribution in [0.2, 0.25) is 0 Å². The maximum atomic E-state index is 14.3. The van der Waals surface area contributed by atoms with Crippen molar-refractivity contribution in [2.45, 2.75) is 72.5 Å². The van der Waals surface area contributed by atoms with Crippen LogP contribution in [0.5, 0.6) is 5.75 Å². The number of fused-ring (bicyclic) bond motifs is 3. The van der Waals surface area contributed by atoms with Crippen LogP contribution in [0.15, 0.2) is 29.0 Å². The van der Waals surface area contributed by atoms with E-state index in [1.54, 1.807) is 20.8 Å². The average molecular weight is 527 g/mol. The zero-order valence-corrected chi connectivity index (χ0v) is 22.5. The minimum atomic E-state index is -2.93. The number of ketones is 4. The predicted molar refractivity (Wildman–Crippen MR) is 136 cm³/mol. The SMILES string of the molecule is CC(=O)Cc1ccc(O)c2c1[C@@H](C)[C@@]1(C)C(=C2O)C(=O)[C@@]2(O)C(O)=C(C(C)=O)C(=O)C(C(C)C)[C@@]2(C)[C@@H]1O. The van der Waals surface area contributed by atoms with Crippen molar-refractivity contribution >= 4 is 28.9 Å². The average Bonchev–Trinajstić information content (AvgIpc) is 2.80. The van der Waals surface area contributed by atoms with Crippen LogP contribution in [0.4, 0.5) is 0 Å². The van der Waals surface area contributed by atoms with Gasteiger partial charge in [0.15, 0.2) is 17.2 Å². The number of Topliss-reactive ketones (excluding diaryl/α,β-unsaturated/α-hetero) is 4. The first-order valence-electron chi connectivity index (χ1n) is 12.6. The summed E-state index contributed by atoms with van der Waals surface area (Å²) in [6.07, 6.45) is -1.74. The molecule has 0 saturated heterocycles. The van der Waals surface area contributed by atoms with Gasteiger partial charge in [-0.1, -0.05) is 40.7 Å². The van der Waals surface area contributed by atoms with E-state index in [1.807, 2.05) is 0 Å². The molecule has 9 nitrogen and oxygen atoms in total. The summed E-state index contributed by atoms with van der Waals surface area (Å²) in [5.74, 6) is -7.87. The molecular formula is C29H34O9.